The van der Waals surface area contributed by atoms with E-state index >= 15 is 0 Å². The zero-order chi connectivity index (χ0) is 20.5. The van der Waals surface area contributed by atoms with Gasteiger partial charge in [-0.3, -0.25) is 14.6 Å². The molecule has 0 spiro atoms. The zero-order valence-electron chi connectivity index (χ0n) is 17.5. The normalized spacial score (nSPS) is 20.2. The van der Waals surface area contributed by atoms with Crippen molar-refractivity contribution < 1.29 is 14.3 Å². The number of pyridine rings is 1. The number of aromatic nitrogens is 1. The van der Waals surface area contributed by atoms with Gasteiger partial charge in [-0.15, -0.1) is 0 Å². The Kier molecular flexibility index (Phi) is 5.54. The molecule has 1 atom stereocenters. The summed E-state index contributed by atoms with van der Waals surface area (Å²) in [5.41, 5.74) is 4.49. The summed E-state index contributed by atoms with van der Waals surface area (Å²) in [7, 11) is 0. The van der Waals surface area contributed by atoms with E-state index in [2.05, 4.69) is 4.98 Å². The highest BCUT2D eigenvalue weighted by atomic mass is 16.5. The van der Waals surface area contributed by atoms with Crippen LogP contribution < -0.4 is 0 Å². The third kappa shape index (κ3) is 3.86. The van der Waals surface area contributed by atoms with E-state index in [0.29, 0.717) is 39.4 Å². The molecule has 2 fully saturated rings. The van der Waals surface area contributed by atoms with Crippen LogP contribution in [0.2, 0.25) is 0 Å². The van der Waals surface area contributed by atoms with Gasteiger partial charge < -0.3 is 14.5 Å². The Hall–Kier alpha value is -2.47. The van der Waals surface area contributed by atoms with Crippen molar-refractivity contribution in [3.05, 3.63) is 40.6 Å². The maximum atomic E-state index is 13.6. The van der Waals surface area contributed by atoms with Crippen molar-refractivity contribution in [3.8, 4) is 0 Å². The van der Waals surface area contributed by atoms with Gasteiger partial charge in [0.15, 0.2) is 0 Å². The van der Waals surface area contributed by atoms with Gasteiger partial charge in [0.05, 0.1) is 30.2 Å². The van der Waals surface area contributed by atoms with Gasteiger partial charge in [-0.2, -0.15) is 0 Å². The number of hydrogen-bond acceptors (Lipinski definition) is 4. The van der Waals surface area contributed by atoms with Crippen LogP contribution >= 0.6 is 0 Å². The lowest BCUT2D eigenvalue weighted by atomic mass is 9.94. The van der Waals surface area contributed by atoms with Crippen LogP contribution in [-0.4, -0.2) is 66.0 Å². The Balaban J connectivity index is 1.62. The number of nitrogens with zero attached hydrogens (tertiary/aromatic N) is 3. The van der Waals surface area contributed by atoms with Crippen molar-refractivity contribution in [2.45, 2.75) is 33.6 Å². The van der Waals surface area contributed by atoms with Crippen molar-refractivity contribution >= 4 is 22.7 Å². The van der Waals surface area contributed by atoms with Gasteiger partial charge >= 0.3 is 0 Å². The van der Waals surface area contributed by atoms with Crippen LogP contribution in [0.4, 0.5) is 0 Å². The molecule has 0 N–H and O–H groups in total. The third-order valence-corrected chi connectivity index (χ3v) is 6.22. The number of carbonyl (C=O) groups is 2. The average molecular weight is 396 g/mol. The fourth-order valence-corrected chi connectivity index (χ4v) is 4.43. The number of piperidine rings is 1. The summed E-state index contributed by atoms with van der Waals surface area (Å²) in [6.45, 7) is 9.63. The summed E-state index contributed by atoms with van der Waals surface area (Å²) in [6, 6.07) is 6.05. The van der Waals surface area contributed by atoms with Crippen LogP contribution in [0.1, 0.15) is 40.0 Å². The fraction of sp³-hybridized carbons (Fsp3) is 0.522. The zero-order valence-corrected chi connectivity index (χ0v) is 17.5. The summed E-state index contributed by atoms with van der Waals surface area (Å²) in [5.74, 6) is 0.0549. The minimum absolute atomic E-state index is 0.0167. The molecular weight excluding hydrogens is 366 g/mol. The van der Waals surface area contributed by atoms with Crippen molar-refractivity contribution in [1.82, 2.24) is 14.8 Å². The fourth-order valence-electron chi connectivity index (χ4n) is 4.43. The molecule has 1 aromatic carbocycles. The van der Waals surface area contributed by atoms with E-state index in [1.54, 1.807) is 0 Å². The average Bonchev–Trinajstić information content (AvgIpc) is 2.75. The van der Waals surface area contributed by atoms with E-state index in [1.807, 2.05) is 48.8 Å². The van der Waals surface area contributed by atoms with Crippen LogP contribution in [0.5, 0.6) is 0 Å². The Morgan fingerprint density at radius 3 is 2.59 bits per heavy atom. The van der Waals surface area contributed by atoms with Gasteiger partial charge in [0.2, 0.25) is 5.91 Å². The number of hydrogen-bond donors (Lipinski definition) is 0. The first kappa shape index (κ1) is 19.8. The highest BCUT2D eigenvalue weighted by Gasteiger charge is 2.33. The molecule has 154 valence electrons. The molecule has 6 heteroatoms. The Bertz CT molecular complexity index is 950. The largest absolute Gasteiger partial charge is 0.378 e. The lowest BCUT2D eigenvalue weighted by Crippen LogP contribution is -2.49. The van der Waals surface area contributed by atoms with Crippen molar-refractivity contribution in [3.63, 3.8) is 0 Å². The summed E-state index contributed by atoms with van der Waals surface area (Å²) in [5, 5.41) is 0.903. The van der Waals surface area contributed by atoms with E-state index in [-0.39, 0.29) is 17.7 Å². The molecule has 2 amide bonds. The molecule has 6 nitrogen and oxygen atoms in total. The minimum atomic E-state index is -0.123. The number of carbonyl (C=O) groups excluding carboxylic acids is 2. The second kappa shape index (κ2) is 8.11. The quantitative estimate of drug-likeness (QED) is 0.784. The monoisotopic (exact) mass is 395 g/mol. The predicted molar refractivity (Wildman–Crippen MR) is 112 cm³/mol. The maximum absolute atomic E-state index is 13.6. The van der Waals surface area contributed by atoms with Crippen LogP contribution in [0.25, 0.3) is 10.9 Å². The molecule has 2 aromatic rings. The predicted octanol–water partition coefficient (Wildman–Crippen LogP) is 2.87. The molecule has 1 unspecified atom stereocenters. The number of benzene rings is 1. The number of morpholine rings is 1. The van der Waals surface area contributed by atoms with E-state index in [4.69, 9.17) is 4.74 Å². The van der Waals surface area contributed by atoms with E-state index < -0.39 is 0 Å². The molecule has 4 rings (SSSR count). The molecular formula is C23H29N3O3. The molecule has 2 aliphatic rings. The van der Waals surface area contributed by atoms with Crippen LogP contribution in [-0.2, 0) is 9.53 Å². The van der Waals surface area contributed by atoms with Gasteiger partial charge in [-0.1, -0.05) is 11.6 Å². The third-order valence-electron chi connectivity index (χ3n) is 6.22. The van der Waals surface area contributed by atoms with E-state index in [9.17, 15) is 9.59 Å². The van der Waals surface area contributed by atoms with E-state index in [0.717, 1.165) is 46.1 Å². The smallest absolute Gasteiger partial charge is 0.254 e. The first-order valence-corrected chi connectivity index (χ1v) is 10.5. The summed E-state index contributed by atoms with van der Waals surface area (Å²) < 4.78 is 5.36. The lowest BCUT2D eigenvalue weighted by Gasteiger charge is -2.36. The first-order valence-electron chi connectivity index (χ1n) is 10.5. The number of rotatable bonds is 2. The lowest BCUT2D eigenvalue weighted by molar-refractivity contribution is -0.141. The number of amides is 2. The molecule has 0 saturated carbocycles. The molecule has 1 aromatic heterocycles. The SMILES string of the molecule is Cc1ccc2nc(C)c(C)c(C(=O)N3CCCC(C(=O)N4CCOCC4)C3)c2c1. The topological polar surface area (TPSA) is 62.7 Å². The Labute approximate surface area is 171 Å². The maximum Gasteiger partial charge on any atom is 0.254 e. The molecule has 0 bridgehead atoms. The van der Waals surface area contributed by atoms with Crippen molar-refractivity contribution in [2.75, 3.05) is 39.4 Å². The second-order valence-corrected chi connectivity index (χ2v) is 8.25. The number of fused-ring (bicyclic) bond motifs is 1. The Morgan fingerprint density at radius 2 is 1.83 bits per heavy atom. The highest BCUT2D eigenvalue weighted by molar-refractivity contribution is 6.08. The molecule has 2 aliphatic heterocycles. The first-order chi connectivity index (χ1) is 14.0. The highest BCUT2D eigenvalue weighted by Crippen LogP contribution is 2.28. The molecule has 0 radical (unpaired) electrons. The molecule has 2 saturated heterocycles. The standard InChI is InChI=1S/C23H29N3O3/c1-15-6-7-20-19(13-15)21(16(2)17(3)24-20)23(28)26-8-4-5-18(14-26)22(27)25-9-11-29-12-10-25/h6-7,13,18H,4-5,8-12,14H2,1-3H3. The number of likely N-dealkylation sites (tertiary alicyclic amines) is 1. The number of aryl methyl sites for hydroxylation is 2. The molecule has 3 heterocycles. The van der Waals surface area contributed by atoms with Gasteiger partial charge in [0.25, 0.3) is 5.91 Å². The van der Waals surface area contributed by atoms with Crippen molar-refractivity contribution in [2.24, 2.45) is 5.92 Å². The van der Waals surface area contributed by atoms with E-state index in [1.165, 1.54) is 0 Å². The second-order valence-electron chi connectivity index (χ2n) is 8.25. The van der Waals surface area contributed by atoms with Gasteiger partial charge in [-0.25, -0.2) is 0 Å². The summed E-state index contributed by atoms with van der Waals surface area (Å²) >= 11 is 0. The van der Waals surface area contributed by atoms with Gasteiger partial charge in [0.1, 0.15) is 0 Å². The van der Waals surface area contributed by atoms with Gasteiger partial charge in [0, 0.05) is 37.3 Å². The van der Waals surface area contributed by atoms with Crippen LogP contribution in [0, 0.1) is 26.7 Å². The molecule has 29 heavy (non-hydrogen) atoms. The molecule has 0 aliphatic carbocycles. The summed E-state index contributed by atoms with van der Waals surface area (Å²) in [6.07, 6.45) is 1.70. The minimum Gasteiger partial charge on any atom is -0.378 e. The van der Waals surface area contributed by atoms with Crippen LogP contribution in [0.15, 0.2) is 18.2 Å². The van der Waals surface area contributed by atoms with Crippen LogP contribution in [0.3, 0.4) is 0 Å². The van der Waals surface area contributed by atoms with Crippen molar-refractivity contribution in [1.29, 1.82) is 0 Å². The van der Waals surface area contributed by atoms with Gasteiger partial charge in [-0.05, 0) is 51.3 Å². The number of ether oxygens (including phenoxy) is 1. The Morgan fingerprint density at radius 1 is 1.07 bits per heavy atom. The summed E-state index contributed by atoms with van der Waals surface area (Å²) in [4.78, 5) is 35.0.